The third kappa shape index (κ3) is 3.89. The van der Waals surface area contributed by atoms with Crippen LogP contribution in [0.15, 0.2) is 30.9 Å². The molecular formula is C20H22FN7O3. The van der Waals surface area contributed by atoms with Crippen LogP contribution >= 0.6 is 0 Å². The summed E-state index contributed by atoms with van der Waals surface area (Å²) in [6.45, 7) is 3.38. The summed E-state index contributed by atoms with van der Waals surface area (Å²) >= 11 is 0. The maximum atomic E-state index is 13.4. The second-order valence-corrected chi connectivity index (χ2v) is 7.69. The summed E-state index contributed by atoms with van der Waals surface area (Å²) in [5.41, 5.74) is 6.52. The standard InChI is InChI=1S/C20H22FN7O3/c21-12-6-24-19-17(18(22)26-28(19)8-12)20(29)25-15-7-23-4-3-16(15)31-14-2-1-5-27(9-14)13-10-30-11-13/h3-4,6-8,13-14H,1-2,5,9-11H2,(H2,22,26)(H,25,29). The predicted molar refractivity (Wildman–Crippen MR) is 109 cm³/mol. The number of hydrogen-bond acceptors (Lipinski definition) is 8. The molecule has 0 saturated carbocycles. The number of hydrogen-bond donors (Lipinski definition) is 2. The van der Waals surface area contributed by atoms with Crippen molar-refractivity contribution in [1.29, 1.82) is 0 Å². The van der Waals surface area contributed by atoms with E-state index in [0.717, 1.165) is 56.1 Å². The van der Waals surface area contributed by atoms with E-state index in [4.69, 9.17) is 15.2 Å². The van der Waals surface area contributed by atoms with Crippen LogP contribution in [0, 0.1) is 5.82 Å². The number of halogens is 1. The quantitative estimate of drug-likeness (QED) is 0.626. The Hall–Kier alpha value is -3.31. The van der Waals surface area contributed by atoms with Gasteiger partial charge in [0.2, 0.25) is 0 Å². The zero-order chi connectivity index (χ0) is 21.4. The predicted octanol–water partition coefficient (Wildman–Crippen LogP) is 1.34. The van der Waals surface area contributed by atoms with E-state index in [1.807, 2.05) is 0 Å². The zero-order valence-electron chi connectivity index (χ0n) is 16.7. The molecule has 10 nitrogen and oxygen atoms in total. The Morgan fingerprint density at radius 3 is 3.03 bits per heavy atom. The van der Waals surface area contributed by atoms with Gasteiger partial charge in [0.15, 0.2) is 17.3 Å². The highest BCUT2D eigenvalue weighted by molar-refractivity contribution is 6.11. The first-order chi connectivity index (χ1) is 15.1. The van der Waals surface area contributed by atoms with Crippen molar-refractivity contribution in [2.45, 2.75) is 25.0 Å². The number of nitrogens with zero attached hydrogens (tertiary/aromatic N) is 5. The number of pyridine rings is 1. The highest BCUT2D eigenvalue weighted by atomic mass is 19.1. The first-order valence-electron chi connectivity index (χ1n) is 10.1. The first kappa shape index (κ1) is 19.6. The van der Waals surface area contributed by atoms with Crippen LogP contribution in [0.1, 0.15) is 23.2 Å². The number of ether oxygens (including phenoxy) is 2. The number of amides is 1. The van der Waals surface area contributed by atoms with Crippen LogP contribution in [0.2, 0.25) is 0 Å². The van der Waals surface area contributed by atoms with Crippen molar-refractivity contribution in [3.8, 4) is 5.75 Å². The Bertz CT molecular complexity index is 1120. The highest BCUT2D eigenvalue weighted by Gasteiger charge is 2.31. The fourth-order valence-corrected chi connectivity index (χ4v) is 3.92. The summed E-state index contributed by atoms with van der Waals surface area (Å²) in [5.74, 6) is -0.636. The fraction of sp³-hybridized carbons (Fsp3) is 0.400. The van der Waals surface area contributed by atoms with Crippen LogP contribution in [-0.4, -0.2) is 68.8 Å². The molecule has 0 spiro atoms. The molecule has 31 heavy (non-hydrogen) atoms. The summed E-state index contributed by atoms with van der Waals surface area (Å²) in [7, 11) is 0. The summed E-state index contributed by atoms with van der Waals surface area (Å²) in [4.78, 5) is 23.4. The van der Waals surface area contributed by atoms with E-state index in [0.29, 0.717) is 17.5 Å². The Morgan fingerprint density at radius 1 is 1.35 bits per heavy atom. The van der Waals surface area contributed by atoms with E-state index in [9.17, 15) is 9.18 Å². The number of carbonyl (C=O) groups excluding carboxylic acids is 1. The van der Waals surface area contributed by atoms with Gasteiger partial charge in [0.1, 0.15) is 23.1 Å². The first-order valence-corrected chi connectivity index (χ1v) is 10.1. The summed E-state index contributed by atoms with van der Waals surface area (Å²) in [5, 5.41) is 6.74. The molecule has 0 aromatic carbocycles. The molecule has 0 bridgehead atoms. The van der Waals surface area contributed by atoms with Gasteiger partial charge >= 0.3 is 0 Å². The smallest absolute Gasteiger partial charge is 0.263 e. The topological polar surface area (TPSA) is 120 Å². The lowest BCUT2D eigenvalue weighted by Gasteiger charge is -2.41. The van der Waals surface area contributed by atoms with Crippen molar-refractivity contribution in [3.05, 3.63) is 42.2 Å². The molecule has 0 aliphatic carbocycles. The van der Waals surface area contributed by atoms with E-state index < -0.39 is 11.7 Å². The van der Waals surface area contributed by atoms with Gasteiger partial charge in [-0.15, -0.1) is 5.10 Å². The SMILES string of the molecule is Nc1nn2cc(F)cnc2c1C(=O)Nc1cnccc1OC1CCCN(C2COC2)C1. The number of piperidine rings is 1. The van der Waals surface area contributed by atoms with E-state index in [-0.39, 0.29) is 23.1 Å². The zero-order valence-corrected chi connectivity index (χ0v) is 16.7. The Balaban J connectivity index is 1.34. The van der Waals surface area contributed by atoms with Crippen molar-refractivity contribution in [2.24, 2.45) is 0 Å². The molecule has 3 N–H and O–H groups in total. The maximum Gasteiger partial charge on any atom is 0.263 e. The molecular weight excluding hydrogens is 405 g/mol. The number of anilines is 2. The lowest BCUT2D eigenvalue weighted by molar-refractivity contribution is -0.0824. The monoisotopic (exact) mass is 427 g/mol. The van der Waals surface area contributed by atoms with Crippen LogP contribution in [0.25, 0.3) is 5.65 Å². The van der Waals surface area contributed by atoms with E-state index in [1.165, 1.54) is 6.20 Å². The number of likely N-dealkylation sites (tertiary alicyclic amines) is 1. The van der Waals surface area contributed by atoms with Crippen molar-refractivity contribution in [3.63, 3.8) is 0 Å². The molecule has 3 aromatic rings. The summed E-state index contributed by atoms with van der Waals surface area (Å²) < 4.78 is 26.1. The van der Waals surface area contributed by atoms with Crippen LogP contribution in [0.4, 0.5) is 15.9 Å². The average Bonchev–Trinajstić information content (AvgIpc) is 3.03. The van der Waals surface area contributed by atoms with Crippen molar-refractivity contribution in [1.82, 2.24) is 24.5 Å². The van der Waals surface area contributed by atoms with Crippen LogP contribution < -0.4 is 15.8 Å². The second-order valence-electron chi connectivity index (χ2n) is 7.69. The van der Waals surface area contributed by atoms with Crippen molar-refractivity contribution in [2.75, 3.05) is 37.4 Å². The average molecular weight is 427 g/mol. The molecule has 1 unspecified atom stereocenters. The molecule has 2 saturated heterocycles. The normalized spacial score (nSPS) is 19.8. The molecule has 162 valence electrons. The number of fused-ring (bicyclic) bond motifs is 1. The molecule has 1 amide bonds. The minimum Gasteiger partial charge on any atom is -0.487 e. The van der Waals surface area contributed by atoms with Gasteiger partial charge in [-0.05, 0) is 19.4 Å². The summed E-state index contributed by atoms with van der Waals surface area (Å²) in [6.07, 6.45) is 7.20. The molecule has 1 atom stereocenters. The molecule has 2 aliphatic rings. The Kier molecular flexibility index (Phi) is 5.12. The van der Waals surface area contributed by atoms with Crippen LogP contribution in [-0.2, 0) is 4.74 Å². The molecule has 11 heteroatoms. The van der Waals surface area contributed by atoms with E-state index in [1.54, 1.807) is 12.3 Å². The number of nitrogens with one attached hydrogen (secondary N) is 1. The lowest BCUT2D eigenvalue weighted by Crippen LogP contribution is -2.54. The van der Waals surface area contributed by atoms with E-state index in [2.05, 4.69) is 25.3 Å². The molecule has 2 fully saturated rings. The van der Waals surface area contributed by atoms with Gasteiger partial charge in [-0.25, -0.2) is 13.9 Å². The van der Waals surface area contributed by atoms with Gasteiger partial charge in [-0.3, -0.25) is 14.7 Å². The molecule has 5 rings (SSSR count). The number of rotatable bonds is 5. The third-order valence-corrected chi connectivity index (χ3v) is 5.56. The number of nitrogen functional groups attached to an aromatic ring is 1. The van der Waals surface area contributed by atoms with Crippen LogP contribution in [0.5, 0.6) is 5.75 Å². The molecule has 3 aromatic heterocycles. The van der Waals surface area contributed by atoms with Gasteiger partial charge in [-0.1, -0.05) is 0 Å². The van der Waals surface area contributed by atoms with Gasteiger partial charge in [-0.2, -0.15) is 0 Å². The van der Waals surface area contributed by atoms with Gasteiger partial charge in [0.25, 0.3) is 5.91 Å². The van der Waals surface area contributed by atoms with Gasteiger partial charge < -0.3 is 20.5 Å². The molecule has 2 aliphatic heterocycles. The van der Waals surface area contributed by atoms with Gasteiger partial charge in [0.05, 0.1) is 37.8 Å². The van der Waals surface area contributed by atoms with Crippen molar-refractivity contribution < 1.29 is 18.7 Å². The largest absolute Gasteiger partial charge is 0.487 e. The summed E-state index contributed by atoms with van der Waals surface area (Å²) in [6, 6.07) is 2.17. The number of aromatic nitrogens is 4. The lowest BCUT2D eigenvalue weighted by atomic mass is 10.0. The molecule has 5 heterocycles. The molecule has 0 radical (unpaired) electrons. The maximum absolute atomic E-state index is 13.4. The fourth-order valence-electron chi connectivity index (χ4n) is 3.92. The number of nitrogens with two attached hydrogens (primary N) is 1. The second kappa shape index (κ2) is 8.08. The Labute approximate surface area is 177 Å². The van der Waals surface area contributed by atoms with Crippen LogP contribution in [0.3, 0.4) is 0 Å². The third-order valence-electron chi connectivity index (χ3n) is 5.56. The van der Waals surface area contributed by atoms with Gasteiger partial charge in [0, 0.05) is 18.8 Å². The highest BCUT2D eigenvalue weighted by Crippen LogP contribution is 2.28. The van der Waals surface area contributed by atoms with Crippen molar-refractivity contribution >= 4 is 23.1 Å². The Morgan fingerprint density at radius 2 is 2.23 bits per heavy atom. The number of carbonyl (C=O) groups is 1. The minimum atomic E-state index is -0.583. The van der Waals surface area contributed by atoms with E-state index >= 15 is 0 Å². The minimum absolute atomic E-state index is 0.000842.